The van der Waals surface area contributed by atoms with Gasteiger partial charge in [-0.15, -0.1) is 0 Å². The number of aliphatic hydroxyl groups is 1. The molecule has 2 nitrogen and oxygen atoms in total. The second-order valence-corrected chi connectivity index (χ2v) is 7.42. The van der Waals surface area contributed by atoms with Crippen molar-refractivity contribution in [2.45, 2.75) is 60.6 Å². The molecule has 1 unspecified atom stereocenters. The molecule has 0 spiro atoms. The van der Waals surface area contributed by atoms with Crippen molar-refractivity contribution in [3.8, 4) is 0 Å². The van der Waals surface area contributed by atoms with Crippen molar-refractivity contribution in [1.82, 2.24) is 4.90 Å². The molecule has 0 radical (unpaired) electrons. The number of likely N-dealkylation sites (tertiary alicyclic amines) is 1. The average Bonchev–Trinajstić information content (AvgIpc) is 2.14. The van der Waals surface area contributed by atoms with Gasteiger partial charge in [-0.2, -0.15) is 0 Å². The van der Waals surface area contributed by atoms with Crippen LogP contribution in [0.1, 0.15) is 54.4 Å². The largest absolute Gasteiger partial charge is 0.378 e. The minimum Gasteiger partial charge on any atom is -0.378 e. The Morgan fingerprint density at radius 3 is 1.75 bits per heavy atom. The molecule has 1 aliphatic heterocycles. The van der Waals surface area contributed by atoms with Crippen molar-refractivity contribution in [2.24, 2.45) is 16.7 Å². The summed E-state index contributed by atoms with van der Waals surface area (Å²) in [6.45, 7) is 15.4. The topological polar surface area (TPSA) is 23.5 Å². The summed E-state index contributed by atoms with van der Waals surface area (Å²) in [6.07, 6.45) is 2.14. The molecule has 0 aromatic rings. The molecule has 1 rings (SSSR count). The Labute approximate surface area is 101 Å². The van der Waals surface area contributed by atoms with Crippen LogP contribution in [-0.2, 0) is 0 Å². The summed E-state index contributed by atoms with van der Waals surface area (Å²) < 4.78 is 0. The zero-order valence-electron chi connectivity index (χ0n) is 11.9. The molecule has 0 amide bonds. The monoisotopic (exact) mass is 227 g/mol. The Morgan fingerprint density at radius 2 is 1.44 bits per heavy atom. The van der Waals surface area contributed by atoms with Crippen molar-refractivity contribution in [3.63, 3.8) is 0 Å². The summed E-state index contributed by atoms with van der Waals surface area (Å²) in [7, 11) is 0. The molecule has 0 aliphatic carbocycles. The first-order valence-corrected chi connectivity index (χ1v) is 6.54. The summed E-state index contributed by atoms with van der Waals surface area (Å²) in [5.41, 5.74) is 0.382. The third-order valence-corrected chi connectivity index (χ3v) is 3.87. The van der Waals surface area contributed by atoms with Gasteiger partial charge in [0.05, 0.1) is 0 Å². The van der Waals surface area contributed by atoms with Gasteiger partial charge in [0.1, 0.15) is 6.23 Å². The maximum atomic E-state index is 10.2. The molecule has 1 heterocycles. The standard InChI is InChI=1S/C14H29NO/c1-13(2,3)11-7-9-15(10-8-11)12(16)14(4,5)6/h11-12,16H,7-10H2,1-6H3. The van der Waals surface area contributed by atoms with Crippen LogP contribution in [0.3, 0.4) is 0 Å². The van der Waals surface area contributed by atoms with Gasteiger partial charge < -0.3 is 5.11 Å². The van der Waals surface area contributed by atoms with E-state index in [1.54, 1.807) is 0 Å². The second-order valence-electron chi connectivity index (χ2n) is 7.42. The second kappa shape index (κ2) is 4.66. The molecule has 96 valence electrons. The lowest BCUT2D eigenvalue weighted by Gasteiger charge is -2.43. The number of piperidine rings is 1. The molecule has 0 saturated carbocycles. The lowest BCUT2D eigenvalue weighted by molar-refractivity contribution is -0.0889. The van der Waals surface area contributed by atoms with Crippen molar-refractivity contribution >= 4 is 0 Å². The molecular formula is C14H29NO. The number of hydrogen-bond donors (Lipinski definition) is 1. The summed E-state index contributed by atoms with van der Waals surface area (Å²) in [5, 5.41) is 10.2. The fourth-order valence-corrected chi connectivity index (χ4v) is 2.56. The van der Waals surface area contributed by atoms with Gasteiger partial charge >= 0.3 is 0 Å². The van der Waals surface area contributed by atoms with Crippen molar-refractivity contribution < 1.29 is 5.11 Å². The highest BCUT2D eigenvalue weighted by Gasteiger charge is 2.34. The van der Waals surface area contributed by atoms with Gasteiger partial charge in [0, 0.05) is 18.5 Å². The van der Waals surface area contributed by atoms with Crippen LogP contribution in [0.5, 0.6) is 0 Å². The van der Waals surface area contributed by atoms with Crippen LogP contribution in [0.2, 0.25) is 0 Å². The summed E-state index contributed by atoms with van der Waals surface area (Å²) >= 11 is 0. The zero-order chi connectivity index (χ0) is 12.6. The van der Waals surface area contributed by atoms with E-state index in [1.165, 1.54) is 12.8 Å². The Bertz CT molecular complexity index is 216. The maximum absolute atomic E-state index is 10.2. The highest BCUT2D eigenvalue weighted by Crippen LogP contribution is 2.36. The quantitative estimate of drug-likeness (QED) is 0.744. The third kappa shape index (κ3) is 3.46. The van der Waals surface area contributed by atoms with E-state index in [4.69, 9.17) is 0 Å². The molecule has 1 aliphatic rings. The van der Waals surface area contributed by atoms with Gasteiger partial charge in [-0.25, -0.2) is 0 Å². The van der Waals surface area contributed by atoms with Crippen LogP contribution in [0.15, 0.2) is 0 Å². The van der Waals surface area contributed by atoms with Crippen LogP contribution in [0.25, 0.3) is 0 Å². The number of aliphatic hydroxyl groups excluding tert-OH is 1. The van der Waals surface area contributed by atoms with E-state index in [9.17, 15) is 5.11 Å². The van der Waals surface area contributed by atoms with E-state index in [0.717, 1.165) is 19.0 Å². The molecule has 1 N–H and O–H groups in total. The smallest absolute Gasteiger partial charge is 0.112 e. The highest BCUT2D eigenvalue weighted by molar-refractivity contribution is 4.84. The summed E-state index contributed by atoms with van der Waals surface area (Å²) in [5.74, 6) is 0.802. The van der Waals surface area contributed by atoms with E-state index in [1.807, 2.05) is 0 Å². The molecule has 0 aromatic carbocycles. The molecular weight excluding hydrogens is 198 g/mol. The molecule has 1 atom stereocenters. The van der Waals surface area contributed by atoms with E-state index in [2.05, 4.69) is 46.4 Å². The van der Waals surface area contributed by atoms with Crippen molar-refractivity contribution in [3.05, 3.63) is 0 Å². The zero-order valence-corrected chi connectivity index (χ0v) is 11.9. The normalized spacial score (nSPS) is 23.4. The lowest BCUT2D eigenvalue weighted by Crippen LogP contribution is -2.48. The first kappa shape index (κ1) is 14.0. The van der Waals surface area contributed by atoms with E-state index >= 15 is 0 Å². The van der Waals surface area contributed by atoms with Crippen molar-refractivity contribution in [2.75, 3.05) is 13.1 Å². The van der Waals surface area contributed by atoms with E-state index in [0.29, 0.717) is 5.41 Å². The Kier molecular flexibility index (Phi) is 4.07. The number of hydrogen-bond acceptors (Lipinski definition) is 2. The SMILES string of the molecule is CC(C)(C)C1CCN(C(O)C(C)(C)C)CC1. The predicted molar refractivity (Wildman–Crippen MR) is 69.2 cm³/mol. The molecule has 1 fully saturated rings. The molecule has 1 saturated heterocycles. The minimum atomic E-state index is -0.298. The average molecular weight is 227 g/mol. The van der Waals surface area contributed by atoms with Crippen LogP contribution in [0, 0.1) is 16.7 Å². The van der Waals surface area contributed by atoms with Crippen LogP contribution < -0.4 is 0 Å². The first-order chi connectivity index (χ1) is 7.12. The van der Waals surface area contributed by atoms with Gasteiger partial charge in [-0.3, -0.25) is 4.90 Å². The summed E-state index contributed by atoms with van der Waals surface area (Å²) in [4.78, 5) is 2.24. The summed E-state index contributed by atoms with van der Waals surface area (Å²) in [6, 6.07) is 0. The Morgan fingerprint density at radius 1 is 1.00 bits per heavy atom. The Balaban J connectivity index is 2.50. The van der Waals surface area contributed by atoms with E-state index < -0.39 is 0 Å². The van der Waals surface area contributed by atoms with E-state index in [-0.39, 0.29) is 11.6 Å². The fourth-order valence-electron chi connectivity index (χ4n) is 2.56. The van der Waals surface area contributed by atoms with Gasteiger partial charge in [-0.1, -0.05) is 41.5 Å². The molecule has 0 aromatic heterocycles. The molecule has 0 bridgehead atoms. The first-order valence-electron chi connectivity index (χ1n) is 6.54. The van der Waals surface area contributed by atoms with Crippen molar-refractivity contribution in [1.29, 1.82) is 0 Å². The van der Waals surface area contributed by atoms with Crippen LogP contribution in [0.4, 0.5) is 0 Å². The van der Waals surface area contributed by atoms with Crippen LogP contribution >= 0.6 is 0 Å². The highest BCUT2D eigenvalue weighted by atomic mass is 16.3. The predicted octanol–water partition coefficient (Wildman–Crippen LogP) is 3.11. The van der Waals surface area contributed by atoms with Gasteiger partial charge in [0.2, 0.25) is 0 Å². The van der Waals surface area contributed by atoms with Gasteiger partial charge in [0.25, 0.3) is 0 Å². The lowest BCUT2D eigenvalue weighted by atomic mass is 9.75. The Hall–Kier alpha value is -0.0800. The third-order valence-electron chi connectivity index (χ3n) is 3.87. The van der Waals surface area contributed by atoms with Gasteiger partial charge in [-0.05, 0) is 24.2 Å². The van der Waals surface area contributed by atoms with Gasteiger partial charge in [0.15, 0.2) is 0 Å². The number of nitrogens with zero attached hydrogens (tertiary/aromatic N) is 1. The molecule has 2 heteroatoms. The van der Waals surface area contributed by atoms with Crippen LogP contribution in [-0.4, -0.2) is 29.3 Å². The fraction of sp³-hybridized carbons (Fsp3) is 1.00. The molecule has 16 heavy (non-hydrogen) atoms. The minimum absolute atomic E-state index is 0.0332. The number of rotatable bonds is 1. The maximum Gasteiger partial charge on any atom is 0.112 e.